The zero-order chi connectivity index (χ0) is 15.2. The Morgan fingerprint density at radius 1 is 1.05 bits per heavy atom. The molecule has 3 rings (SSSR count). The number of benzene rings is 2. The van der Waals surface area contributed by atoms with Crippen LogP contribution in [0.25, 0.3) is 0 Å². The van der Waals surface area contributed by atoms with Crippen LogP contribution in [0, 0.1) is 0 Å². The van der Waals surface area contributed by atoms with Crippen LogP contribution >= 0.6 is 23.2 Å². The summed E-state index contributed by atoms with van der Waals surface area (Å²) in [4.78, 5) is 0. The summed E-state index contributed by atoms with van der Waals surface area (Å²) in [6.07, 6.45) is -3.87. The average Bonchev–Trinajstić information content (AvgIpc) is 2.79. The van der Waals surface area contributed by atoms with E-state index in [0.717, 1.165) is 11.6 Å². The van der Waals surface area contributed by atoms with Crippen molar-refractivity contribution in [2.45, 2.75) is 18.6 Å². The van der Waals surface area contributed by atoms with E-state index in [-0.39, 0.29) is 6.04 Å². The van der Waals surface area contributed by atoms with E-state index in [2.05, 4.69) is 5.32 Å². The molecule has 1 heterocycles. The standard InChI is InChI=1S/C15H10Cl2F3N/c16-10-2-3-11(12(17)7-10)14-6-8-5-9(15(18,19)20)1-4-13(8)21-14/h1-5,7,14,21H,6H2. The second-order valence-electron chi connectivity index (χ2n) is 4.94. The molecule has 1 N–H and O–H groups in total. The maximum atomic E-state index is 12.7. The summed E-state index contributed by atoms with van der Waals surface area (Å²) in [6, 6.07) is 8.72. The molecule has 0 spiro atoms. The van der Waals surface area contributed by atoms with Gasteiger partial charge in [0.1, 0.15) is 0 Å². The molecule has 2 aromatic carbocycles. The molecule has 6 heteroatoms. The molecule has 1 nitrogen and oxygen atoms in total. The lowest BCUT2D eigenvalue weighted by Crippen LogP contribution is -2.06. The van der Waals surface area contributed by atoms with Gasteiger partial charge >= 0.3 is 6.18 Å². The fourth-order valence-corrected chi connectivity index (χ4v) is 3.05. The van der Waals surface area contributed by atoms with Gasteiger partial charge in [-0.2, -0.15) is 13.2 Å². The van der Waals surface area contributed by atoms with Crippen molar-refractivity contribution >= 4 is 28.9 Å². The van der Waals surface area contributed by atoms with Crippen LogP contribution in [0.2, 0.25) is 10.0 Å². The first-order valence-corrected chi connectivity index (χ1v) is 7.02. The van der Waals surface area contributed by atoms with Gasteiger partial charge in [0.05, 0.1) is 11.6 Å². The zero-order valence-corrected chi connectivity index (χ0v) is 12.2. The number of anilines is 1. The van der Waals surface area contributed by atoms with E-state index in [1.54, 1.807) is 18.2 Å². The lowest BCUT2D eigenvalue weighted by molar-refractivity contribution is -0.137. The minimum absolute atomic E-state index is 0.145. The third kappa shape index (κ3) is 2.83. The molecular formula is C15H10Cl2F3N. The largest absolute Gasteiger partial charge is 0.416 e. The monoisotopic (exact) mass is 331 g/mol. The molecule has 1 unspecified atom stereocenters. The van der Waals surface area contributed by atoms with Crippen LogP contribution in [0.1, 0.15) is 22.7 Å². The number of halogens is 5. The van der Waals surface area contributed by atoms with Gasteiger partial charge in [-0.1, -0.05) is 29.3 Å². The van der Waals surface area contributed by atoms with Crippen molar-refractivity contribution in [1.82, 2.24) is 0 Å². The van der Waals surface area contributed by atoms with Crippen molar-refractivity contribution in [3.8, 4) is 0 Å². The van der Waals surface area contributed by atoms with Crippen LogP contribution in [0.5, 0.6) is 0 Å². The summed E-state index contributed by atoms with van der Waals surface area (Å²) < 4.78 is 38.2. The molecule has 0 amide bonds. The van der Waals surface area contributed by atoms with Crippen molar-refractivity contribution in [3.63, 3.8) is 0 Å². The van der Waals surface area contributed by atoms with Gasteiger partial charge in [0.15, 0.2) is 0 Å². The van der Waals surface area contributed by atoms with Crippen LogP contribution in [0.15, 0.2) is 36.4 Å². The molecule has 0 aliphatic carbocycles. The molecule has 110 valence electrons. The molecule has 2 aromatic rings. The molecule has 0 fully saturated rings. The van der Waals surface area contributed by atoms with Gasteiger partial charge in [0, 0.05) is 15.7 Å². The summed E-state index contributed by atoms with van der Waals surface area (Å²) >= 11 is 12.0. The van der Waals surface area contributed by atoms with Crippen LogP contribution in [-0.4, -0.2) is 0 Å². The van der Waals surface area contributed by atoms with E-state index < -0.39 is 11.7 Å². The third-order valence-corrected chi connectivity index (χ3v) is 4.09. The Balaban J connectivity index is 1.91. The predicted octanol–water partition coefficient (Wildman–Crippen LogP) is 5.72. The molecule has 0 aromatic heterocycles. The van der Waals surface area contributed by atoms with Gasteiger partial charge in [-0.05, 0) is 47.9 Å². The Kier molecular flexibility index (Phi) is 3.54. The van der Waals surface area contributed by atoms with Crippen molar-refractivity contribution in [1.29, 1.82) is 0 Å². The summed E-state index contributed by atoms with van der Waals surface area (Å²) in [6.45, 7) is 0. The van der Waals surface area contributed by atoms with E-state index in [4.69, 9.17) is 23.2 Å². The fourth-order valence-electron chi connectivity index (χ4n) is 2.51. The topological polar surface area (TPSA) is 12.0 Å². The normalized spacial score (nSPS) is 17.5. The van der Waals surface area contributed by atoms with Crippen LogP contribution < -0.4 is 5.32 Å². The lowest BCUT2D eigenvalue weighted by Gasteiger charge is -2.13. The van der Waals surface area contributed by atoms with E-state index >= 15 is 0 Å². The number of nitrogens with one attached hydrogen (secondary N) is 1. The molecule has 0 saturated carbocycles. The Labute approximate surface area is 129 Å². The quantitative estimate of drug-likeness (QED) is 0.704. The molecule has 0 saturated heterocycles. The number of hydrogen-bond donors (Lipinski definition) is 1. The summed E-state index contributed by atoms with van der Waals surface area (Å²) in [5.74, 6) is 0. The zero-order valence-electron chi connectivity index (χ0n) is 10.6. The second-order valence-corrected chi connectivity index (χ2v) is 5.78. The van der Waals surface area contributed by atoms with E-state index in [0.29, 0.717) is 27.7 Å². The Bertz CT molecular complexity index is 698. The highest BCUT2D eigenvalue weighted by atomic mass is 35.5. The maximum Gasteiger partial charge on any atom is 0.416 e. The highest BCUT2D eigenvalue weighted by Gasteiger charge is 2.33. The Morgan fingerprint density at radius 3 is 2.48 bits per heavy atom. The summed E-state index contributed by atoms with van der Waals surface area (Å²) in [5, 5.41) is 4.22. The smallest absolute Gasteiger partial charge is 0.378 e. The Morgan fingerprint density at radius 2 is 1.81 bits per heavy atom. The van der Waals surface area contributed by atoms with E-state index in [1.165, 1.54) is 12.1 Å². The van der Waals surface area contributed by atoms with Gasteiger partial charge in [0.2, 0.25) is 0 Å². The SMILES string of the molecule is FC(F)(F)c1ccc2c(c1)CC(c1ccc(Cl)cc1Cl)N2. The molecule has 0 radical (unpaired) electrons. The minimum atomic E-state index is -4.33. The van der Waals surface area contributed by atoms with Crippen molar-refractivity contribution < 1.29 is 13.2 Å². The lowest BCUT2D eigenvalue weighted by atomic mass is 10.0. The van der Waals surface area contributed by atoms with Crippen LogP contribution in [0.4, 0.5) is 18.9 Å². The van der Waals surface area contributed by atoms with E-state index in [9.17, 15) is 13.2 Å². The number of rotatable bonds is 1. The molecular weight excluding hydrogens is 322 g/mol. The van der Waals surface area contributed by atoms with Gasteiger partial charge in [-0.15, -0.1) is 0 Å². The average molecular weight is 332 g/mol. The third-order valence-electron chi connectivity index (χ3n) is 3.52. The highest BCUT2D eigenvalue weighted by molar-refractivity contribution is 6.35. The van der Waals surface area contributed by atoms with Crippen LogP contribution in [-0.2, 0) is 12.6 Å². The van der Waals surface area contributed by atoms with Crippen molar-refractivity contribution in [2.75, 3.05) is 5.32 Å². The van der Waals surface area contributed by atoms with Crippen molar-refractivity contribution in [3.05, 3.63) is 63.1 Å². The first-order valence-electron chi connectivity index (χ1n) is 6.26. The molecule has 1 aliphatic heterocycles. The fraction of sp³-hybridized carbons (Fsp3) is 0.200. The molecule has 21 heavy (non-hydrogen) atoms. The summed E-state index contributed by atoms with van der Waals surface area (Å²) in [5.41, 5.74) is 1.54. The minimum Gasteiger partial charge on any atom is -0.378 e. The van der Waals surface area contributed by atoms with Crippen LogP contribution in [0.3, 0.4) is 0 Å². The van der Waals surface area contributed by atoms with Gasteiger partial charge in [-0.25, -0.2) is 0 Å². The Hall–Kier alpha value is -1.39. The number of hydrogen-bond acceptors (Lipinski definition) is 1. The molecule has 0 bridgehead atoms. The first-order chi connectivity index (χ1) is 9.84. The number of fused-ring (bicyclic) bond motifs is 1. The highest BCUT2D eigenvalue weighted by Crippen LogP contribution is 2.40. The van der Waals surface area contributed by atoms with Gasteiger partial charge < -0.3 is 5.32 Å². The second kappa shape index (κ2) is 5.11. The summed E-state index contributed by atoms with van der Waals surface area (Å²) in [7, 11) is 0. The molecule has 1 atom stereocenters. The van der Waals surface area contributed by atoms with Crippen molar-refractivity contribution in [2.24, 2.45) is 0 Å². The molecule has 1 aliphatic rings. The predicted molar refractivity (Wildman–Crippen MR) is 78.0 cm³/mol. The van der Waals surface area contributed by atoms with Gasteiger partial charge in [-0.3, -0.25) is 0 Å². The van der Waals surface area contributed by atoms with Gasteiger partial charge in [0.25, 0.3) is 0 Å². The maximum absolute atomic E-state index is 12.7. The van der Waals surface area contributed by atoms with E-state index in [1.807, 2.05) is 0 Å². The first kappa shape index (κ1) is 14.5. The number of alkyl halides is 3.